The molecule has 32 heavy (non-hydrogen) atoms. The van der Waals surface area contributed by atoms with Crippen molar-refractivity contribution >= 4 is 5.78 Å². The lowest BCUT2D eigenvalue weighted by Gasteiger charge is -2.64. The van der Waals surface area contributed by atoms with Gasteiger partial charge in [-0.15, -0.1) is 0 Å². The van der Waals surface area contributed by atoms with Gasteiger partial charge in [-0.05, 0) is 96.9 Å². The van der Waals surface area contributed by atoms with Crippen molar-refractivity contribution in [1.29, 1.82) is 5.26 Å². The fraction of sp³-hybridized carbons (Fsp3) is 0.793. The van der Waals surface area contributed by atoms with E-state index in [9.17, 15) is 15.2 Å². The van der Waals surface area contributed by atoms with E-state index in [1.165, 1.54) is 31.3 Å². The minimum Gasteiger partial charge on any atom is -0.511 e. The Balaban J connectivity index is 1.60. The molecule has 0 aromatic carbocycles. The zero-order valence-corrected chi connectivity index (χ0v) is 20.9. The van der Waals surface area contributed by atoms with Gasteiger partial charge in [0.1, 0.15) is 5.76 Å². The number of nitriles is 1. The van der Waals surface area contributed by atoms with Crippen LogP contribution in [0.15, 0.2) is 23.0 Å². The number of carbonyl (C=O) groups is 1. The quantitative estimate of drug-likeness (QED) is 0.439. The van der Waals surface area contributed by atoms with Crippen LogP contribution in [0.1, 0.15) is 92.9 Å². The van der Waals surface area contributed by atoms with Gasteiger partial charge < -0.3 is 5.11 Å². The van der Waals surface area contributed by atoms with Crippen molar-refractivity contribution in [2.24, 2.45) is 51.2 Å². The molecule has 3 heteroatoms. The summed E-state index contributed by atoms with van der Waals surface area (Å²) in [5.41, 5.74) is 2.27. The highest BCUT2D eigenvalue weighted by Crippen LogP contribution is 2.70. The van der Waals surface area contributed by atoms with E-state index >= 15 is 0 Å². The van der Waals surface area contributed by atoms with Gasteiger partial charge in [0.2, 0.25) is 0 Å². The highest BCUT2D eigenvalue weighted by Gasteiger charge is 2.63. The van der Waals surface area contributed by atoms with Gasteiger partial charge in [-0.3, -0.25) is 4.79 Å². The summed E-state index contributed by atoms with van der Waals surface area (Å²) in [6, 6.07) is 2.29. The van der Waals surface area contributed by atoms with E-state index in [2.05, 4.69) is 53.7 Å². The largest absolute Gasteiger partial charge is 0.511 e. The topological polar surface area (TPSA) is 61.1 Å². The van der Waals surface area contributed by atoms with Crippen LogP contribution in [0.5, 0.6) is 0 Å². The Morgan fingerprint density at radius 1 is 0.969 bits per heavy atom. The van der Waals surface area contributed by atoms with Gasteiger partial charge in [0.15, 0.2) is 5.78 Å². The first kappa shape index (κ1) is 22.2. The minimum atomic E-state index is -0.211. The van der Waals surface area contributed by atoms with Gasteiger partial charge in [-0.1, -0.05) is 47.1 Å². The highest BCUT2D eigenvalue weighted by atomic mass is 16.3. The van der Waals surface area contributed by atoms with E-state index < -0.39 is 0 Å². The Morgan fingerprint density at radius 2 is 1.66 bits per heavy atom. The monoisotopic (exact) mass is 435 g/mol. The number of aliphatic hydroxyl groups is 1. The molecule has 0 radical (unpaired) electrons. The Morgan fingerprint density at radius 3 is 2.34 bits per heavy atom. The SMILES string of the molecule is CC1C(O)=C(C#N)CC2(C)C3=CC(=O)C4C5CC(C)(C)CCC5(C)CCC4C3(C)CCC12. The Hall–Kier alpha value is -1.56. The van der Waals surface area contributed by atoms with Crippen molar-refractivity contribution in [3.05, 3.63) is 23.0 Å². The molecule has 0 aromatic rings. The van der Waals surface area contributed by atoms with Gasteiger partial charge >= 0.3 is 0 Å². The lowest BCUT2D eigenvalue weighted by molar-refractivity contribution is -0.144. The molecule has 0 spiro atoms. The van der Waals surface area contributed by atoms with Crippen LogP contribution in [0, 0.1) is 62.6 Å². The fourth-order valence-corrected chi connectivity index (χ4v) is 9.44. The molecule has 174 valence electrons. The molecule has 8 unspecified atom stereocenters. The van der Waals surface area contributed by atoms with E-state index in [4.69, 9.17) is 0 Å². The van der Waals surface area contributed by atoms with E-state index in [0.717, 1.165) is 19.3 Å². The van der Waals surface area contributed by atoms with Crippen molar-refractivity contribution in [3.63, 3.8) is 0 Å². The second-order valence-electron chi connectivity index (χ2n) is 13.7. The first-order chi connectivity index (χ1) is 14.9. The summed E-state index contributed by atoms with van der Waals surface area (Å²) in [6.07, 6.45) is 10.9. The summed E-state index contributed by atoms with van der Waals surface area (Å²) < 4.78 is 0. The molecule has 5 aliphatic carbocycles. The predicted molar refractivity (Wildman–Crippen MR) is 127 cm³/mol. The number of rotatable bonds is 0. The molecule has 5 aliphatic rings. The highest BCUT2D eigenvalue weighted by molar-refractivity contribution is 5.95. The zero-order valence-electron chi connectivity index (χ0n) is 20.9. The van der Waals surface area contributed by atoms with E-state index in [1.54, 1.807) is 0 Å². The van der Waals surface area contributed by atoms with Gasteiger partial charge in [0, 0.05) is 11.8 Å². The maximum atomic E-state index is 13.9. The second kappa shape index (κ2) is 6.74. The van der Waals surface area contributed by atoms with Crippen LogP contribution in [-0.4, -0.2) is 10.9 Å². The number of allylic oxidation sites excluding steroid dienone is 4. The van der Waals surface area contributed by atoms with Crippen LogP contribution in [0.3, 0.4) is 0 Å². The molecule has 0 aliphatic heterocycles. The molecule has 0 bridgehead atoms. The Bertz CT molecular complexity index is 966. The average Bonchev–Trinajstić information content (AvgIpc) is 2.72. The number of hydrogen-bond donors (Lipinski definition) is 1. The van der Waals surface area contributed by atoms with Crippen LogP contribution in [0.25, 0.3) is 0 Å². The molecular formula is C29H41NO2. The van der Waals surface area contributed by atoms with E-state index in [-0.39, 0.29) is 28.4 Å². The van der Waals surface area contributed by atoms with Crippen LogP contribution < -0.4 is 0 Å². The molecule has 0 saturated heterocycles. The molecule has 8 atom stereocenters. The maximum absolute atomic E-state index is 13.9. The van der Waals surface area contributed by atoms with Crippen molar-refractivity contribution in [3.8, 4) is 6.07 Å². The lowest BCUT2D eigenvalue weighted by Crippen LogP contribution is -2.59. The van der Waals surface area contributed by atoms with Gasteiger partial charge in [0.05, 0.1) is 11.6 Å². The number of fused-ring (bicyclic) bond motifs is 7. The third kappa shape index (κ3) is 2.80. The lowest BCUT2D eigenvalue weighted by atomic mass is 9.39. The molecule has 3 nitrogen and oxygen atoms in total. The van der Waals surface area contributed by atoms with Crippen LogP contribution >= 0.6 is 0 Å². The van der Waals surface area contributed by atoms with Gasteiger partial charge in [-0.25, -0.2) is 0 Å². The van der Waals surface area contributed by atoms with Crippen molar-refractivity contribution in [2.45, 2.75) is 92.9 Å². The molecule has 1 N–H and O–H groups in total. The number of ketones is 1. The first-order valence-electron chi connectivity index (χ1n) is 12.9. The number of carbonyl (C=O) groups excluding carboxylic acids is 1. The number of hydrogen-bond acceptors (Lipinski definition) is 3. The second-order valence-corrected chi connectivity index (χ2v) is 13.7. The summed E-state index contributed by atoms with van der Waals surface area (Å²) in [4.78, 5) is 13.9. The summed E-state index contributed by atoms with van der Waals surface area (Å²) in [7, 11) is 0. The van der Waals surface area contributed by atoms with Crippen LogP contribution in [0.2, 0.25) is 0 Å². The average molecular weight is 436 g/mol. The molecule has 3 saturated carbocycles. The minimum absolute atomic E-state index is 0.0181. The standard InChI is InChI=1S/C29H41NO2/c1-17-19-8-10-28(5)20-7-9-27(4)12-11-26(2,3)15-21(27)24(20)22(31)13-23(28)29(19,6)14-18(16-30)25(17)32/h13,17,19-21,24,32H,7-12,14-15H2,1-6H3. The Kier molecular flexibility index (Phi) is 4.68. The van der Waals surface area contributed by atoms with Crippen molar-refractivity contribution in [1.82, 2.24) is 0 Å². The summed E-state index contributed by atoms with van der Waals surface area (Å²) in [6.45, 7) is 14.0. The smallest absolute Gasteiger partial charge is 0.159 e. The maximum Gasteiger partial charge on any atom is 0.159 e. The Labute approximate surface area is 194 Å². The van der Waals surface area contributed by atoms with Gasteiger partial charge in [-0.2, -0.15) is 5.26 Å². The third-order valence-corrected chi connectivity index (χ3v) is 11.4. The first-order valence-corrected chi connectivity index (χ1v) is 12.9. The van der Waals surface area contributed by atoms with Crippen molar-refractivity contribution < 1.29 is 9.90 Å². The molecular weight excluding hydrogens is 394 g/mol. The normalized spacial score (nSPS) is 49.7. The molecule has 0 aromatic heterocycles. The van der Waals surface area contributed by atoms with Crippen molar-refractivity contribution in [2.75, 3.05) is 0 Å². The number of nitrogens with zero attached hydrogens (tertiary/aromatic N) is 1. The fourth-order valence-electron chi connectivity index (χ4n) is 9.44. The molecule has 0 heterocycles. The van der Waals surface area contributed by atoms with Crippen LogP contribution in [-0.2, 0) is 4.79 Å². The van der Waals surface area contributed by atoms with E-state index in [0.29, 0.717) is 46.4 Å². The van der Waals surface area contributed by atoms with Crippen LogP contribution in [0.4, 0.5) is 0 Å². The molecule has 5 rings (SSSR count). The predicted octanol–water partition coefficient (Wildman–Crippen LogP) is 7.15. The van der Waals surface area contributed by atoms with Gasteiger partial charge in [0.25, 0.3) is 0 Å². The zero-order chi connectivity index (χ0) is 23.3. The number of aliphatic hydroxyl groups excluding tert-OH is 1. The summed E-state index contributed by atoms with van der Waals surface area (Å²) in [5, 5.41) is 20.4. The third-order valence-electron chi connectivity index (χ3n) is 11.4. The summed E-state index contributed by atoms with van der Waals surface area (Å²) in [5.74, 6) is 1.99. The molecule has 0 amide bonds. The van der Waals surface area contributed by atoms with E-state index in [1.807, 2.05) is 0 Å². The summed E-state index contributed by atoms with van der Waals surface area (Å²) >= 11 is 0. The molecule has 3 fully saturated rings.